The molecule has 0 unspecified atom stereocenters. The molecule has 0 spiro atoms. The standard InChI is InChI=1S/C9H16N2O3/c1-9(5-10-6-9)14-4-8(13)11-2-7(12)3-11/h7,10,12H,2-6H2,1H3. The van der Waals surface area contributed by atoms with E-state index in [-0.39, 0.29) is 24.2 Å². The van der Waals surface area contributed by atoms with Gasteiger partial charge in [0.25, 0.3) is 0 Å². The number of carbonyl (C=O) groups is 1. The van der Waals surface area contributed by atoms with E-state index in [0.29, 0.717) is 13.1 Å². The molecule has 2 heterocycles. The average Bonchev–Trinajstić information content (AvgIpc) is 2.06. The Morgan fingerprint density at radius 3 is 2.71 bits per heavy atom. The molecule has 0 bridgehead atoms. The summed E-state index contributed by atoms with van der Waals surface area (Å²) >= 11 is 0. The van der Waals surface area contributed by atoms with E-state index in [0.717, 1.165) is 13.1 Å². The van der Waals surface area contributed by atoms with Gasteiger partial charge in [-0.05, 0) is 6.92 Å². The minimum Gasteiger partial charge on any atom is -0.389 e. The van der Waals surface area contributed by atoms with Crippen molar-refractivity contribution in [1.29, 1.82) is 0 Å². The smallest absolute Gasteiger partial charge is 0.248 e. The highest BCUT2D eigenvalue weighted by atomic mass is 16.5. The number of β-amino-alcohol motifs (C(OH)–C–C–N with tert-alkyl or cyclic N) is 1. The van der Waals surface area contributed by atoms with Crippen LogP contribution in [0, 0.1) is 0 Å². The van der Waals surface area contributed by atoms with Crippen LogP contribution in [-0.2, 0) is 9.53 Å². The van der Waals surface area contributed by atoms with Crippen molar-refractivity contribution in [1.82, 2.24) is 10.2 Å². The van der Waals surface area contributed by atoms with Gasteiger partial charge in [-0.15, -0.1) is 0 Å². The molecule has 1 amide bonds. The van der Waals surface area contributed by atoms with E-state index >= 15 is 0 Å². The molecule has 2 rings (SSSR count). The lowest BCUT2D eigenvalue weighted by Gasteiger charge is -2.40. The third-order valence-electron chi connectivity index (χ3n) is 2.76. The maximum absolute atomic E-state index is 11.4. The number of hydrogen-bond donors (Lipinski definition) is 2. The molecule has 0 atom stereocenters. The van der Waals surface area contributed by atoms with Crippen molar-refractivity contribution in [2.75, 3.05) is 32.8 Å². The number of likely N-dealkylation sites (tertiary alicyclic amines) is 1. The van der Waals surface area contributed by atoms with E-state index < -0.39 is 0 Å². The SMILES string of the molecule is CC1(OCC(=O)N2CC(O)C2)CNC1. The van der Waals surface area contributed by atoms with Crippen LogP contribution < -0.4 is 5.32 Å². The van der Waals surface area contributed by atoms with Crippen LogP contribution in [0.3, 0.4) is 0 Å². The molecule has 0 aromatic carbocycles. The first kappa shape index (κ1) is 9.89. The number of rotatable bonds is 3. The van der Waals surface area contributed by atoms with Crippen molar-refractivity contribution in [2.24, 2.45) is 0 Å². The van der Waals surface area contributed by atoms with Crippen LogP contribution in [0.15, 0.2) is 0 Å². The van der Waals surface area contributed by atoms with Crippen LogP contribution in [-0.4, -0.2) is 60.4 Å². The Kier molecular flexibility index (Phi) is 2.47. The Bertz CT molecular complexity index is 234. The Morgan fingerprint density at radius 2 is 2.29 bits per heavy atom. The fourth-order valence-corrected chi connectivity index (χ4v) is 1.57. The quantitative estimate of drug-likeness (QED) is 0.586. The van der Waals surface area contributed by atoms with E-state index in [9.17, 15) is 4.79 Å². The van der Waals surface area contributed by atoms with Crippen molar-refractivity contribution >= 4 is 5.91 Å². The molecule has 5 nitrogen and oxygen atoms in total. The van der Waals surface area contributed by atoms with Crippen molar-refractivity contribution in [3.8, 4) is 0 Å². The second-order valence-electron chi connectivity index (χ2n) is 4.29. The Hall–Kier alpha value is -0.650. The molecule has 2 aliphatic rings. The molecule has 5 heteroatoms. The van der Waals surface area contributed by atoms with Gasteiger partial charge < -0.3 is 20.1 Å². The monoisotopic (exact) mass is 200 g/mol. The van der Waals surface area contributed by atoms with Gasteiger partial charge in [-0.25, -0.2) is 0 Å². The minimum absolute atomic E-state index is 0.0246. The third kappa shape index (κ3) is 1.89. The second-order valence-corrected chi connectivity index (χ2v) is 4.29. The first-order valence-electron chi connectivity index (χ1n) is 4.90. The summed E-state index contributed by atoms with van der Waals surface area (Å²) in [7, 11) is 0. The Balaban J connectivity index is 1.68. The summed E-state index contributed by atoms with van der Waals surface area (Å²) in [5, 5.41) is 12.1. The predicted molar refractivity (Wildman–Crippen MR) is 49.8 cm³/mol. The van der Waals surface area contributed by atoms with Crippen LogP contribution in [0.2, 0.25) is 0 Å². The zero-order valence-electron chi connectivity index (χ0n) is 8.32. The van der Waals surface area contributed by atoms with Gasteiger partial charge >= 0.3 is 0 Å². The second kappa shape index (κ2) is 3.49. The Labute approximate surface area is 83.0 Å². The van der Waals surface area contributed by atoms with Gasteiger partial charge in [0.2, 0.25) is 5.91 Å². The van der Waals surface area contributed by atoms with E-state index in [2.05, 4.69) is 5.32 Å². The molecule has 2 N–H and O–H groups in total. The van der Waals surface area contributed by atoms with Gasteiger partial charge in [-0.2, -0.15) is 0 Å². The van der Waals surface area contributed by atoms with Gasteiger partial charge in [-0.3, -0.25) is 4.79 Å². The first-order chi connectivity index (χ1) is 6.59. The van der Waals surface area contributed by atoms with Crippen LogP contribution in [0.5, 0.6) is 0 Å². The zero-order chi connectivity index (χ0) is 10.2. The maximum Gasteiger partial charge on any atom is 0.248 e. The summed E-state index contributed by atoms with van der Waals surface area (Å²) in [6.07, 6.45) is -0.333. The summed E-state index contributed by atoms with van der Waals surface area (Å²) < 4.78 is 5.48. The zero-order valence-corrected chi connectivity index (χ0v) is 8.32. The largest absolute Gasteiger partial charge is 0.389 e. The molecule has 2 aliphatic heterocycles. The number of aliphatic hydroxyl groups excluding tert-OH is 1. The highest BCUT2D eigenvalue weighted by Crippen LogP contribution is 2.16. The van der Waals surface area contributed by atoms with Crippen LogP contribution in [0.1, 0.15) is 6.92 Å². The number of aliphatic hydroxyl groups is 1. The number of carbonyl (C=O) groups excluding carboxylic acids is 1. The lowest BCUT2D eigenvalue weighted by atomic mass is 10.0. The summed E-state index contributed by atoms with van der Waals surface area (Å²) in [5.74, 6) is -0.0246. The highest BCUT2D eigenvalue weighted by Gasteiger charge is 2.35. The lowest BCUT2D eigenvalue weighted by molar-refractivity contribution is -0.155. The minimum atomic E-state index is -0.333. The predicted octanol–water partition coefficient (Wildman–Crippen LogP) is -1.43. The summed E-state index contributed by atoms with van der Waals surface area (Å²) in [6.45, 7) is 4.65. The van der Waals surface area contributed by atoms with Gasteiger partial charge in [0.1, 0.15) is 6.61 Å². The maximum atomic E-state index is 11.4. The first-order valence-corrected chi connectivity index (χ1v) is 4.90. The number of ether oxygens (including phenoxy) is 1. The van der Waals surface area contributed by atoms with E-state index in [1.54, 1.807) is 4.90 Å². The summed E-state index contributed by atoms with van der Waals surface area (Å²) in [5.41, 5.74) is -0.168. The van der Waals surface area contributed by atoms with Crippen LogP contribution in [0.4, 0.5) is 0 Å². The molecule has 0 aliphatic carbocycles. The summed E-state index contributed by atoms with van der Waals surface area (Å²) in [4.78, 5) is 13.0. The molecular weight excluding hydrogens is 184 g/mol. The molecule has 2 saturated heterocycles. The van der Waals surface area contributed by atoms with Gasteiger partial charge in [-0.1, -0.05) is 0 Å². The number of amides is 1. The third-order valence-corrected chi connectivity index (χ3v) is 2.76. The van der Waals surface area contributed by atoms with Gasteiger partial charge in [0.05, 0.1) is 11.7 Å². The molecule has 0 aromatic rings. The van der Waals surface area contributed by atoms with Crippen LogP contribution >= 0.6 is 0 Å². The molecule has 80 valence electrons. The van der Waals surface area contributed by atoms with Crippen molar-refractivity contribution in [2.45, 2.75) is 18.6 Å². The molecule has 0 saturated carbocycles. The summed E-state index contributed by atoms with van der Waals surface area (Å²) in [6, 6.07) is 0. The van der Waals surface area contributed by atoms with Gasteiger partial charge in [0, 0.05) is 26.2 Å². The van der Waals surface area contributed by atoms with E-state index in [1.807, 2.05) is 6.92 Å². The normalized spacial score (nSPS) is 25.4. The lowest BCUT2D eigenvalue weighted by Crippen LogP contribution is -2.61. The molecule has 2 fully saturated rings. The fraction of sp³-hybridized carbons (Fsp3) is 0.889. The average molecular weight is 200 g/mol. The highest BCUT2D eigenvalue weighted by molar-refractivity contribution is 5.78. The van der Waals surface area contributed by atoms with Gasteiger partial charge in [0.15, 0.2) is 0 Å². The number of nitrogens with zero attached hydrogens (tertiary/aromatic N) is 1. The Morgan fingerprint density at radius 1 is 1.64 bits per heavy atom. The molecule has 14 heavy (non-hydrogen) atoms. The molecule has 0 aromatic heterocycles. The van der Waals surface area contributed by atoms with E-state index in [1.165, 1.54) is 0 Å². The van der Waals surface area contributed by atoms with Crippen molar-refractivity contribution in [3.63, 3.8) is 0 Å². The number of hydrogen-bond acceptors (Lipinski definition) is 4. The van der Waals surface area contributed by atoms with Crippen LogP contribution in [0.25, 0.3) is 0 Å². The van der Waals surface area contributed by atoms with Crippen molar-refractivity contribution in [3.05, 3.63) is 0 Å². The topological polar surface area (TPSA) is 61.8 Å². The van der Waals surface area contributed by atoms with Crippen molar-refractivity contribution < 1.29 is 14.6 Å². The number of nitrogens with one attached hydrogen (secondary N) is 1. The van der Waals surface area contributed by atoms with E-state index in [4.69, 9.17) is 9.84 Å². The fourth-order valence-electron chi connectivity index (χ4n) is 1.57. The molecular formula is C9H16N2O3. The molecule has 0 radical (unpaired) electrons.